The van der Waals surface area contributed by atoms with Gasteiger partial charge in [-0.3, -0.25) is 9.59 Å². The number of carbonyl (C=O) groups is 2. The fourth-order valence-corrected chi connectivity index (χ4v) is 1.54. The van der Waals surface area contributed by atoms with Crippen molar-refractivity contribution in [1.82, 2.24) is 0 Å². The predicted molar refractivity (Wildman–Crippen MR) is 38.4 cm³/mol. The molecule has 0 spiro atoms. The Labute approximate surface area is 69.8 Å². The molecule has 1 heterocycles. The molecule has 1 saturated carbocycles. The number of Topliss-reactive ketones (excluding diaryl/α,β-unsaturated/α-hetero) is 1. The highest BCUT2D eigenvalue weighted by atomic mass is 16.6. The van der Waals surface area contributed by atoms with E-state index < -0.39 is 6.10 Å². The highest BCUT2D eigenvalue weighted by Gasteiger charge is 2.52. The van der Waals surface area contributed by atoms with E-state index in [1.807, 2.05) is 0 Å². The van der Waals surface area contributed by atoms with Gasteiger partial charge < -0.3 is 9.47 Å². The second kappa shape index (κ2) is 2.55. The molecule has 0 radical (unpaired) electrons. The summed E-state index contributed by atoms with van der Waals surface area (Å²) in [6.07, 6.45) is 0.484. The first-order chi connectivity index (χ1) is 5.68. The monoisotopic (exact) mass is 170 g/mol. The van der Waals surface area contributed by atoms with Crippen LogP contribution in [-0.4, -0.2) is 30.6 Å². The first-order valence-corrected chi connectivity index (χ1v) is 4.00. The zero-order valence-corrected chi connectivity index (χ0v) is 6.78. The number of hydrogen-bond acceptors (Lipinski definition) is 4. The van der Waals surface area contributed by atoms with E-state index in [9.17, 15) is 9.59 Å². The predicted octanol–water partition coefficient (Wildman–Crippen LogP) is -0.0941. The highest BCUT2D eigenvalue weighted by Crippen LogP contribution is 2.41. The average Bonchev–Trinajstić information content (AvgIpc) is 2.73. The largest absolute Gasteiger partial charge is 0.454 e. The lowest BCUT2D eigenvalue weighted by Gasteiger charge is -2.19. The number of carbonyl (C=O) groups excluding carboxylic acids is 2. The van der Waals surface area contributed by atoms with Crippen molar-refractivity contribution in [3.63, 3.8) is 0 Å². The topological polar surface area (TPSA) is 52.6 Å². The maximum absolute atomic E-state index is 11.2. The molecule has 2 rings (SSSR count). The van der Waals surface area contributed by atoms with E-state index in [2.05, 4.69) is 0 Å². The maximum atomic E-state index is 11.2. The van der Waals surface area contributed by atoms with Crippen molar-refractivity contribution in [3.05, 3.63) is 0 Å². The lowest BCUT2D eigenvalue weighted by atomic mass is 10.1. The molecule has 2 unspecified atom stereocenters. The van der Waals surface area contributed by atoms with Crippen LogP contribution in [0.25, 0.3) is 0 Å². The Morgan fingerprint density at radius 1 is 1.67 bits per heavy atom. The van der Waals surface area contributed by atoms with Crippen LogP contribution < -0.4 is 0 Å². The Hall–Kier alpha value is -0.900. The molecular formula is C8H10O4. The quantitative estimate of drug-likeness (QED) is 0.516. The maximum Gasteiger partial charge on any atom is 0.303 e. The summed E-state index contributed by atoms with van der Waals surface area (Å²) in [6.45, 7) is 1.42. The molecule has 1 aliphatic carbocycles. The molecule has 66 valence electrons. The van der Waals surface area contributed by atoms with Crippen LogP contribution in [0.4, 0.5) is 0 Å². The zero-order chi connectivity index (χ0) is 8.72. The minimum atomic E-state index is -0.527. The van der Waals surface area contributed by atoms with Crippen molar-refractivity contribution >= 4 is 11.8 Å². The SMILES string of the molecule is CC(=O)O[C@H]1C(=O)COC2CC21. The van der Waals surface area contributed by atoms with Gasteiger partial charge in [0.05, 0.1) is 6.10 Å². The van der Waals surface area contributed by atoms with Gasteiger partial charge in [-0.25, -0.2) is 0 Å². The summed E-state index contributed by atoms with van der Waals surface area (Å²) in [4.78, 5) is 21.8. The molecule has 4 heteroatoms. The van der Waals surface area contributed by atoms with Crippen LogP contribution in [0.5, 0.6) is 0 Å². The van der Waals surface area contributed by atoms with Crippen molar-refractivity contribution in [2.24, 2.45) is 5.92 Å². The Kier molecular flexibility index (Phi) is 1.65. The summed E-state index contributed by atoms with van der Waals surface area (Å²) in [5.41, 5.74) is 0. The number of ether oxygens (including phenoxy) is 2. The van der Waals surface area contributed by atoms with E-state index in [4.69, 9.17) is 9.47 Å². The Morgan fingerprint density at radius 3 is 3.08 bits per heavy atom. The van der Waals surface area contributed by atoms with Gasteiger partial charge in [0.1, 0.15) is 6.61 Å². The molecule has 2 fully saturated rings. The summed E-state index contributed by atoms with van der Waals surface area (Å²) in [6, 6.07) is 0. The zero-order valence-electron chi connectivity index (χ0n) is 6.78. The summed E-state index contributed by atoms with van der Waals surface area (Å²) in [7, 11) is 0. The fraction of sp³-hybridized carbons (Fsp3) is 0.750. The lowest BCUT2D eigenvalue weighted by Crippen LogP contribution is -2.37. The van der Waals surface area contributed by atoms with Gasteiger partial charge in [0.15, 0.2) is 11.9 Å². The molecule has 2 aliphatic rings. The molecule has 0 aromatic carbocycles. The van der Waals surface area contributed by atoms with Gasteiger partial charge in [0.25, 0.3) is 0 Å². The minimum absolute atomic E-state index is 0.0963. The van der Waals surface area contributed by atoms with Crippen LogP contribution in [-0.2, 0) is 19.1 Å². The van der Waals surface area contributed by atoms with Crippen molar-refractivity contribution in [2.45, 2.75) is 25.6 Å². The van der Waals surface area contributed by atoms with Gasteiger partial charge in [-0.2, -0.15) is 0 Å². The third kappa shape index (κ3) is 1.22. The summed E-state index contributed by atoms with van der Waals surface area (Å²) in [5, 5.41) is 0. The molecule has 12 heavy (non-hydrogen) atoms. The van der Waals surface area contributed by atoms with Crippen LogP contribution in [0.15, 0.2) is 0 Å². The van der Waals surface area contributed by atoms with Crippen LogP contribution in [0, 0.1) is 5.92 Å². The van der Waals surface area contributed by atoms with Gasteiger partial charge in [0.2, 0.25) is 0 Å². The van der Waals surface area contributed by atoms with Crippen molar-refractivity contribution in [2.75, 3.05) is 6.61 Å². The summed E-state index contributed by atoms with van der Waals surface area (Å²) < 4.78 is 10.0. The first-order valence-electron chi connectivity index (χ1n) is 4.00. The number of esters is 1. The molecule has 0 bridgehead atoms. The molecular weight excluding hydrogens is 160 g/mol. The van der Waals surface area contributed by atoms with Gasteiger partial charge in [0, 0.05) is 12.8 Å². The molecule has 0 N–H and O–H groups in total. The smallest absolute Gasteiger partial charge is 0.303 e. The van der Waals surface area contributed by atoms with Gasteiger partial charge in [-0.1, -0.05) is 0 Å². The molecule has 0 aromatic heterocycles. The Balaban J connectivity index is 2.01. The Morgan fingerprint density at radius 2 is 2.42 bits per heavy atom. The van der Waals surface area contributed by atoms with E-state index in [-0.39, 0.29) is 30.4 Å². The third-order valence-corrected chi connectivity index (χ3v) is 2.22. The Bertz CT molecular complexity index is 235. The van der Waals surface area contributed by atoms with Crippen LogP contribution in [0.1, 0.15) is 13.3 Å². The molecule has 3 atom stereocenters. The first kappa shape index (κ1) is 7.73. The normalized spacial score (nSPS) is 38.8. The van der Waals surface area contributed by atoms with Crippen molar-refractivity contribution in [3.8, 4) is 0 Å². The van der Waals surface area contributed by atoms with Gasteiger partial charge >= 0.3 is 5.97 Å². The molecule has 0 amide bonds. The standard InChI is InChI=1S/C8H10O4/c1-4(9)12-8-5-2-7(5)11-3-6(8)10/h5,7-8H,2-3H2,1H3/t5?,7?,8-/m1/s1. The highest BCUT2D eigenvalue weighted by molar-refractivity contribution is 5.88. The van der Waals surface area contributed by atoms with E-state index in [1.54, 1.807) is 0 Å². The second-order valence-electron chi connectivity index (χ2n) is 3.25. The van der Waals surface area contributed by atoms with E-state index in [1.165, 1.54) is 6.92 Å². The molecule has 0 aromatic rings. The van der Waals surface area contributed by atoms with Gasteiger partial charge in [-0.05, 0) is 6.42 Å². The van der Waals surface area contributed by atoms with E-state index in [0.717, 1.165) is 6.42 Å². The van der Waals surface area contributed by atoms with Crippen LogP contribution in [0.2, 0.25) is 0 Å². The lowest BCUT2D eigenvalue weighted by molar-refractivity contribution is -0.160. The second-order valence-corrected chi connectivity index (χ2v) is 3.25. The van der Waals surface area contributed by atoms with Crippen molar-refractivity contribution in [1.29, 1.82) is 0 Å². The number of ketones is 1. The number of hydrogen-bond donors (Lipinski definition) is 0. The van der Waals surface area contributed by atoms with Crippen molar-refractivity contribution < 1.29 is 19.1 Å². The van der Waals surface area contributed by atoms with Crippen LogP contribution >= 0.6 is 0 Å². The minimum Gasteiger partial charge on any atom is -0.454 e. The van der Waals surface area contributed by atoms with E-state index in [0.29, 0.717) is 0 Å². The number of fused-ring (bicyclic) bond motifs is 1. The average molecular weight is 170 g/mol. The molecule has 4 nitrogen and oxygen atoms in total. The summed E-state index contributed by atoms with van der Waals surface area (Å²) >= 11 is 0. The number of rotatable bonds is 1. The fourth-order valence-electron chi connectivity index (χ4n) is 1.54. The van der Waals surface area contributed by atoms with Gasteiger partial charge in [-0.15, -0.1) is 0 Å². The summed E-state index contributed by atoms with van der Waals surface area (Å²) in [5.74, 6) is -0.361. The van der Waals surface area contributed by atoms with E-state index >= 15 is 0 Å². The molecule has 1 saturated heterocycles. The third-order valence-electron chi connectivity index (χ3n) is 2.22. The molecule has 1 aliphatic heterocycles. The van der Waals surface area contributed by atoms with Crippen LogP contribution in [0.3, 0.4) is 0 Å².